The van der Waals surface area contributed by atoms with Gasteiger partial charge in [-0.05, 0) is 38.3 Å². The number of nitrogens with one attached hydrogen (secondary N) is 2. The Hall–Kier alpha value is -2.64. The van der Waals surface area contributed by atoms with Gasteiger partial charge in [-0.15, -0.1) is 0 Å². The second-order valence-electron chi connectivity index (χ2n) is 6.33. The SMILES string of the molecule is CCNC(=NCc1ccccn1)NCCCn1nc2n(c1=O)CCCC2. The standard InChI is InChI=1S/C18H27N7O/c1-2-19-17(22-14-15-8-3-5-10-20-15)21-11-7-13-25-18(26)24-12-6-4-9-16(24)23-25/h3,5,8,10H,2,4,6-7,9,11-14H2,1H3,(H2,19,21,22). The van der Waals surface area contributed by atoms with Crippen LogP contribution in [0, 0.1) is 0 Å². The zero-order valence-corrected chi connectivity index (χ0v) is 15.3. The second-order valence-corrected chi connectivity index (χ2v) is 6.33. The Morgan fingerprint density at radius 1 is 1.31 bits per heavy atom. The first-order valence-corrected chi connectivity index (χ1v) is 9.36. The first-order valence-electron chi connectivity index (χ1n) is 9.36. The summed E-state index contributed by atoms with van der Waals surface area (Å²) in [6.45, 7) is 5.50. The lowest BCUT2D eigenvalue weighted by atomic mass is 10.2. The van der Waals surface area contributed by atoms with Gasteiger partial charge >= 0.3 is 5.69 Å². The number of hydrogen-bond donors (Lipinski definition) is 2. The van der Waals surface area contributed by atoms with Gasteiger partial charge in [-0.2, -0.15) is 5.10 Å². The molecule has 0 bridgehead atoms. The van der Waals surface area contributed by atoms with Gasteiger partial charge in [0.05, 0.1) is 12.2 Å². The third-order valence-electron chi connectivity index (χ3n) is 4.34. The van der Waals surface area contributed by atoms with Gasteiger partial charge in [0.1, 0.15) is 5.82 Å². The summed E-state index contributed by atoms with van der Waals surface area (Å²) < 4.78 is 3.41. The highest BCUT2D eigenvalue weighted by atomic mass is 16.2. The van der Waals surface area contributed by atoms with E-state index in [2.05, 4.69) is 25.7 Å². The van der Waals surface area contributed by atoms with Crippen LogP contribution in [0.15, 0.2) is 34.2 Å². The van der Waals surface area contributed by atoms with Crippen LogP contribution in [0.3, 0.4) is 0 Å². The fourth-order valence-corrected chi connectivity index (χ4v) is 3.02. The summed E-state index contributed by atoms with van der Waals surface area (Å²) in [5.41, 5.74) is 0.954. The summed E-state index contributed by atoms with van der Waals surface area (Å²) >= 11 is 0. The third-order valence-corrected chi connectivity index (χ3v) is 4.34. The van der Waals surface area contributed by atoms with E-state index in [4.69, 9.17) is 0 Å². The molecular weight excluding hydrogens is 330 g/mol. The molecule has 3 rings (SSSR count). The molecule has 0 aliphatic carbocycles. The van der Waals surface area contributed by atoms with Crippen LogP contribution in [0.25, 0.3) is 0 Å². The maximum absolute atomic E-state index is 12.3. The van der Waals surface area contributed by atoms with Crippen LogP contribution >= 0.6 is 0 Å². The number of aliphatic imine (C=N–C) groups is 1. The van der Waals surface area contributed by atoms with Gasteiger partial charge < -0.3 is 10.6 Å². The quantitative estimate of drug-likeness (QED) is 0.437. The molecule has 0 amide bonds. The molecule has 0 atom stereocenters. The molecule has 0 radical (unpaired) electrons. The number of rotatable bonds is 7. The maximum Gasteiger partial charge on any atom is 0.345 e. The van der Waals surface area contributed by atoms with Gasteiger partial charge in [-0.25, -0.2) is 14.5 Å². The van der Waals surface area contributed by atoms with Crippen LogP contribution in [-0.2, 0) is 26.1 Å². The van der Waals surface area contributed by atoms with Crippen molar-refractivity contribution in [2.24, 2.45) is 4.99 Å². The number of fused-ring (bicyclic) bond motifs is 1. The fraction of sp³-hybridized carbons (Fsp3) is 0.556. The van der Waals surface area contributed by atoms with E-state index >= 15 is 0 Å². The van der Waals surface area contributed by atoms with E-state index in [-0.39, 0.29) is 5.69 Å². The number of nitrogens with zero attached hydrogens (tertiary/aromatic N) is 5. The Kier molecular flexibility index (Phi) is 6.40. The molecule has 0 fully saturated rings. The summed E-state index contributed by atoms with van der Waals surface area (Å²) in [7, 11) is 0. The van der Waals surface area contributed by atoms with E-state index in [1.54, 1.807) is 10.9 Å². The first kappa shape index (κ1) is 18.2. The van der Waals surface area contributed by atoms with Crippen LogP contribution in [-0.4, -0.2) is 38.4 Å². The monoisotopic (exact) mass is 357 g/mol. The van der Waals surface area contributed by atoms with Crippen molar-refractivity contribution in [3.63, 3.8) is 0 Å². The van der Waals surface area contributed by atoms with E-state index < -0.39 is 0 Å². The molecule has 0 saturated carbocycles. The highest BCUT2D eigenvalue weighted by Gasteiger charge is 2.16. The van der Waals surface area contributed by atoms with Crippen molar-refractivity contribution >= 4 is 5.96 Å². The van der Waals surface area contributed by atoms with Crippen LogP contribution in [0.2, 0.25) is 0 Å². The van der Waals surface area contributed by atoms with Crippen molar-refractivity contribution in [2.75, 3.05) is 13.1 Å². The van der Waals surface area contributed by atoms with Gasteiger partial charge in [-0.3, -0.25) is 9.55 Å². The van der Waals surface area contributed by atoms with E-state index in [1.807, 2.05) is 29.7 Å². The van der Waals surface area contributed by atoms with E-state index in [1.165, 1.54) is 0 Å². The van der Waals surface area contributed by atoms with Crippen molar-refractivity contribution in [1.82, 2.24) is 30.0 Å². The van der Waals surface area contributed by atoms with Crippen molar-refractivity contribution in [2.45, 2.75) is 52.2 Å². The highest BCUT2D eigenvalue weighted by molar-refractivity contribution is 5.79. The molecule has 140 valence electrons. The van der Waals surface area contributed by atoms with Crippen molar-refractivity contribution in [3.8, 4) is 0 Å². The number of aromatic nitrogens is 4. The summed E-state index contributed by atoms with van der Waals surface area (Å²) in [6.07, 6.45) is 5.68. The minimum atomic E-state index is 0.0235. The summed E-state index contributed by atoms with van der Waals surface area (Å²) in [4.78, 5) is 21.1. The molecule has 8 nitrogen and oxygen atoms in total. The number of aryl methyl sites for hydroxylation is 2. The van der Waals surface area contributed by atoms with Crippen molar-refractivity contribution in [1.29, 1.82) is 0 Å². The summed E-state index contributed by atoms with van der Waals surface area (Å²) in [5, 5.41) is 11.0. The van der Waals surface area contributed by atoms with Gasteiger partial charge in [0.25, 0.3) is 0 Å². The molecule has 26 heavy (non-hydrogen) atoms. The Labute approximate surface area is 153 Å². The lowest BCUT2D eigenvalue weighted by Crippen LogP contribution is -2.38. The molecule has 0 unspecified atom stereocenters. The van der Waals surface area contributed by atoms with Crippen molar-refractivity contribution in [3.05, 3.63) is 46.4 Å². The summed E-state index contributed by atoms with van der Waals surface area (Å²) in [6, 6.07) is 5.81. The molecule has 8 heteroatoms. The Bertz CT molecular complexity index is 779. The second kappa shape index (κ2) is 9.17. The van der Waals surface area contributed by atoms with Crippen LogP contribution in [0.4, 0.5) is 0 Å². The predicted octanol–water partition coefficient (Wildman–Crippen LogP) is 0.921. The predicted molar refractivity (Wildman–Crippen MR) is 101 cm³/mol. The molecule has 1 aliphatic heterocycles. The number of pyridine rings is 1. The highest BCUT2D eigenvalue weighted by Crippen LogP contribution is 2.09. The van der Waals surface area contributed by atoms with Crippen LogP contribution in [0.5, 0.6) is 0 Å². The zero-order valence-electron chi connectivity index (χ0n) is 15.3. The Morgan fingerprint density at radius 2 is 2.23 bits per heavy atom. The molecule has 2 aromatic heterocycles. The lowest BCUT2D eigenvalue weighted by Gasteiger charge is -2.11. The molecule has 0 spiro atoms. The van der Waals surface area contributed by atoms with Gasteiger partial charge in [0.2, 0.25) is 0 Å². The maximum atomic E-state index is 12.3. The fourth-order valence-electron chi connectivity index (χ4n) is 3.02. The normalized spacial score (nSPS) is 14.1. The minimum absolute atomic E-state index is 0.0235. The van der Waals surface area contributed by atoms with E-state index in [0.717, 1.165) is 62.8 Å². The average Bonchev–Trinajstić information content (AvgIpc) is 3.00. The molecule has 0 saturated heterocycles. The topological polar surface area (TPSA) is 89.1 Å². The average molecular weight is 357 g/mol. The van der Waals surface area contributed by atoms with Gasteiger partial charge in [0, 0.05) is 38.8 Å². The largest absolute Gasteiger partial charge is 0.357 e. The van der Waals surface area contributed by atoms with Crippen LogP contribution < -0.4 is 16.3 Å². The van der Waals surface area contributed by atoms with Gasteiger partial charge in [0.15, 0.2) is 5.96 Å². The molecule has 2 N–H and O–H groups in total. The Balaban J connectivity index is 1.49. The smallest absolute Gasteiger partial charge is 0.345 e. The van der Waals surface area contributed by atoms with Gasteiger partial charge in [-0.1, -0.05) is 6.07 Å². The molecule has 1 aliphatic rings. The third kappa shape index (κ3) is 4.71. The lowest BCUT2D eigenvalue weighted by molar-refractivity contribution is 0.509. The van der Waals surface area contributed by atoms with Crippen molar-refractivity contribution < 1.29 is 0 Å². The minimum Gasteiger partial charge on any atom is -0.357 e. The molecule has 0 aromatic carbocycles. The number of guanidine groups is 1. The number of hydrogen-bond acceptors (Lipinski definition) is 4. The van der Waals surface area contributed by atoms with E-state index in [9.17, 15) is 4.79 Å². The zero-order chi connectivity index (χ0) is 18.2. The summed E-state index contributed by atoms with van der Waals surface area (Å²) in [5.74, 6) is 1.69. The van der Waals surface area contributed by atoms with Crippen LogP contribution in [0.1, 0.15) is 37.7 Å². The Morgan fingerprint density at radius 3 is 3.00 bits per heavy atom. The first-order chi connectivity index (χ1) is 12.8. The molecule has 2 aromatic rings. The molecule has 3 heterocycles. The molecular formula is C18H27N7O. The van der Waals surface area contributed by atoms with E-state index in [0.29, 0.717) is 13.1 Å².